The molecule has 0 amide bonds. The minimum absolute atomic E-state index is 0.251. The number of piperazine rings is 1. The molecule has 0 saturated carbocycles. The van der Waals surface area contributed by atoms with Crippen molar-refractivity contribution in [1.29, 1.82) is 5.26 Å². The Balaban J connectivity index is 2.27. The van der Waals surface area contributed by atoms with Crippen LogP contribution in [-0.2, 0) is 0 Å². The average molecular weight is 345 g/mol. The van der Waals surface area contributed by atoms with Gasteiger partial charge in [-0.1, -0.05) is 19.9 Å². The summed E-state index contributed by atoms with van der Waals surface area (Å²) in [5, 5.41) is 9.88. The highest BCUT2D eigenvalue weighted by molar-refractivity contribution is 5.45. The quantitative estimate of drug-likeness (QED) is 0.722. The summed E-state index contributed by atoms with van der Waals surface area (Å²) in [6.07, 6.45) is 1.05. The maximum atomic E-state index is 9.88. The third-order valence-corrected chi connectivity index (χ3v) is 4.87. The second-order valence-corrected chi connectivity index (χ2v) is 6.30. The Bertz CT molecular complexity index is 585. The molecule has 1 aromatic rings. The fourth-order valence-electron chi connectivity index (χ4n) is 3.50. The highest BCUT2D eigenvalue weighted by Gasteiger charge is 2.31. The highest BCUT2D eigenvalue weighted by Crippen LogP contribution is 2.34. The van der Waals surface area contributed by atoms with Gasteiger partial charge in [-0.05, 0) is 44.5 Å². The second-order valence-electron chi connectivity index (χ2n) is 6.30. The van der Waals surface area contributed by atoms with Crippen molar-refractivity contribution < 1.29 is 9.47 Å². The van der Waals surface area contributed by atoms with Crippen molar-refractivity contribution in [2.45, 2.75) is 46.2 Å². The van der Waals surface area contributed by atoms with Crippen LogP contribution in [0.3, 0.4) is 0 Å². The SMILES string of the molecule is CCOc1ccc(C(C#N)N2CCN(CC)CC2CC)cc1OCC. The molecule has 1 aromatic carbocycles. The fourth-order valence-corrected chi connectivity index (χ4v) is 3.50. The van der Waals surface area contributed by atoms with Gasteiger partial charge < -0.3 is 14.4 Å². The predicted molar refractivity (Wildman–Crippen MR) is 100 cm³/mol. The summed E-state index contributed by atoms with van der Waals surface area (Å²) >= 11 is 0. The molecule has 0 radical (unpaired) electrons. The first kappa shape index (κ1) is 19.6. The third kappa shape index (κ3) is 4.65. The maximum absolute atomic E-state index is 9.88. The van der Waals surface area contributed by atoms with Crippen LogP contribution in [0.15, 0.2) is 18.2 Å². The van der Waals surface area contributed by atoms with Gasteiger partial charge in [0.25, 0.3) is 0 Å². The molecule has 1 heterocycles. The first-order chi connectivity index (χ1) is 12.2. The molecule has 1 saturated heterocycles. The van der Waals surface area contributed by atoms with Crippen molar-refractivity contribution in [3.05, 3.63) is 23.8 Å². The summed E-state index contributed by atoms with van der Waals surface area (Å²) in [6, 6.07) is 8.57. The van der Waals surface area contributed by atoms with E-state index in [2.05, 4.69) is 29.7 Å². The van der Waals surface area contributed by atoms with E-state index < -0.39 is 0 Å². The highest BCUT2D eigenvalue weighted by atomic mass is 16.5. The summed E-state index contributed by atoms with van der Waals surface area (Å²) in [5.74, 6) is 1.47. The number of likely N-dealkylation sites (N-methyl/N-ethyl adjacent to an activating group) is 1. The van der Waals surface area contributed by atoms with Gasteiger partial charge in [-0.3, -0.25) is 4.90 Å². The first-order valence-corrected chi connectivity index (χ1v) is 9.45. The van der Waals surface area contributed by atoms with Gasteiger partial charge in [-0.25, -0.2) is 0 Å². The van der Waals surface area contributed by atoms with Gasteiger partial charge >= 0.3 is 0 Å². The average Bonchev–Trinajstić information content (AvgIpc) is 2.64. The van der Waals surface area contributed by atoms with Crippen LogP contribution in [0.2, 0.25) is 0 Å². The van der Waals surface area contributed by atoms with Crippen LogP contribution in [-0.4, -0.2) is 55.2 Å². The van der Waals surface area contributed by atoms with Gasteiger partial charge in [0.2, 0.25) is 0 Å². The lowest BCUT2D eigenvalue weighted by Crippen LogP contribution is -2.53. The molecule has 5 nitrogen and oxygen atoms in total. The van der Waals surface area contributed by atoms with Crippen molar-refractivity contribution >= 4 is 0 Å². The topological polar surface area (TPSA) is 48.7 Å². The summed E-state index contributed by atoms with van der Waals surface area (Å²) in [7, 11) is 0. The van der Waals surface area contributed by atoms with Gasteiger partial charge in [0.1, 0.15) is 6.04 Å². The van der Waals surface area contributed by atoms with Crippen LogP contribution in [0.1, 0.15) is 45.7 Å². The molecule has 2 atom stereocenters. The smallest absolute Gasteiger partial charge is 0.161 e. The van der Waals surface area contributed by atoms with E-state index in [-0.39, 0.29) is 6.04 Å². The zero-order valence-electron chi connectivity index (χ0n) is 16.0. The van der Waals surface area contributed by atoms with Crippen LogP contribution in [0, 0.1) is 11.3 Å². The largest absolute Gasteiger partial charge is 0.490 e. The molecule has 1 aliphatic rings. The van der Waals surface area contributed by atoms with Gasteiger partial charge in [0.15, 0.2) is 11.5 Å². The monoisotopic (exact) mass is 345 g/mol. The van der Waals surface area contributed by atoms with Crippen molar-refractivity contribution in [3.8, 4) is 17.6 Å². The summed E-state index contributed by atoms with van der Waals surface area (Å²) in [6.45, 7) is 13.5. The number of hydrogen-bond donors (Lipinski definition) is 0. The van der Waals surface area contributed by atoms with Crippen molar-refractivity contribution in [2.75, 3.05) is 39.4 Å². The lowest BCUT2D eigenvalue weighted by Gasteiger charge is -2.43. The minimum Gasteiger partial charge on any atom is -0.490 e. The van der Waals surface area contributed by atoms with E-state index in [1.165, 1.54) is 0 Å². The molecular weight excluding hydrogens is 314 g/mol. The number of nitrogens with zero attached hydrogens (tertiary/aromatic N) is 3. The molecule has 138 valence electrons. The van der Waals surface area contributed by atoms with E-state index in [9.17, 15) is 5.26 Å². The van der Waals surface area contributed by atoms with Gasteiger partial charge in [-0.15, -0.1) is 0 Å². The number of rotatable bonds is 8. The van der Waals surface area contributed by atoms with Crippen molar-refractivity contribution in [1.82, 2.24) is 9.80 Å². The lowest BCUT2D eigenvalue weighted by atomic mass is 10.0. The van der Waals surface area contributed by atoms with Gasteiger partial charge in [0, 0.05) is 25.7 Å². The third-order valence-electron chi connectivity index (χ3n) is 4.87. The Morgan fingerprint density at radius 1 is 1.12 bits per heavy atom. The molecule has 1 aliphatic heterocycles. The minimum atomic E-state index is -0.251. The van der Waals surface area contributed by atoms with E-state index in [0.29, 0.717) is 19.3 Å². The Hall–Kier alpha value is -1.77. The molecule has 2 unspecified atom stereocenters. The Morgan fingerprint density at radius 3 is 2.44 bits per heavy atom. The standard InChI is InChI=1S/C20H31N3O2/c1-5-17-15-22(6-2)11-12-23(17)18(14-21)16-9-10-19(24-7-3)20(13-16)25-8-4/h9-10,13,17-18H,5-8,11-12,15H2,1-4H3. The molecule has 0 aliphatic carbocycles. The maximum Gasteiger partial charge on any atom is 0.161 e. The van der Waals surface area contributed by atoms with Gasteiger partial charge in [-0.2, -0.15) is 5.26 Å². The molecule has 0 bridgehead atoms. The van der Waals surface area contributed by atoms with E-state index in [1.54, 1.807) is 0 Å². The van der Waals surface area contributed by atoms with E-state index in [0.717, 1.165) is 49.7 Å². The Labute approximate surface area is 152 Å². The predicted octanol–water partition coefficient (Wildman–Crippen LogP) is 3.46. The first-order valence-electron chi connectivity index (χ1n) is 9.45. The summed E-state index contributed by atoms with van der Waals surface area (Å²) < 4.78 is 11.4. The normalized spacial score (nSPS) is 20.0. The molecule has 0 aromatic heterocycles. The molecule has 0 N–H and O–H groups in total. The van der Waals surface area contributed by atoms with Crippen LogP contribution in [0.25, 0.3) is 0 Å². The summed E-state index contributed by atoms with van der Waals surface area (Å²) in [5.41, 5.74) is 0.984. The van der Waals surface area contributed by atoms with E-state index >= 15 is 0 Å². The second kappa shape index (κ2) is 9.65. The molecule has 1 fully saturated rings. The molecule has 2 rings (SSSR count). The number of ether oxygens (including phenoxy) is 2. The molecule has 0 spiro atoms. The Morgan fingerprint density at radius 2 is 1.84 bits per heavy atom. The Kier molecular flexibility index (Phi) is 7.54. The zero-order valence-corrected chi connectivity index (χ0v) is 16.0. The molecular formula is C20H31N3O2. The number of nitriles is 1. The zero-order chi connectivity index (χ0) is 18.2. The molecule has 5 heteroatoms. The van der Waals surface area contributed by atoms with Crippen LogP contribution < -0.4 is 9.47 Å². The summed E-state index contributed by atoms with van der Waals surface area (Å²) in [4.78, 5) is 4.81. The van der Waals surface area contributed by atoms with Gasteiger partial charge in [0.05, 0.1) is 19.3 Å². The van der Waals surface area contributed by atoms with E-state index in [4.69, 9.17) is 9.47 Å². The molecule has 25 heavy (non-hydrogen) atoms. The van der Waals surface area contributed by atoms with Crippen LogP contribution in [0.5, 0.6) is 11.5 Å². The fraction of sp³-hybridized carbons (Fsp3) is 0.650. The van der Waals surface area contributed by atoms with Crippen LogP contribution in [0.4, 0.5) is 0 Å². The van der Waals surface area contributed by atoms with E-state index in [1.807, 2.05) is 32.0 Å². The number of hydrogen-bond acceptors (Lipinski definition) is 5. The van der Waals surface area contributed by atoms with Crippen LogP contribution >= 0.6 is 0 Å². The lowest BCUT2D eigenvalue weighted by molar-refractivity contribution is 0.0568. The number of benzene rings is 1. The van der Waals surface area contributed by atoms with Crippen molar-refractivity contribution in [2.24, 2.45) is 0 Å². The van der Waals surface area contributed by atoms with Crippen molar-refractivity contribution in [3.63, 3.8) is 0 Å².